The van der Waals surface area contributed by atoms with E-state index < -0.39 is 21.9 Å². The number of nitrogens with one attached hydrogen (secondary N) is 1. The highest BCUT2D eigenvalue weighted by Crippen LogP contribution is 2.22. The van der Waals surface area contributed by atoms with Crippen LogP contribution < -0.4 is 4.72 Å². The summed E-state index contributed by atoms with van der Waals surface area (Å²) in [6.45, 7) is 3.35. The van der Waals surface area contributed by atoms with Crippen molar-refractivity contribution in [2.45, 2.75) is 25.2 Å². The molecule has 1 amide bonds. The highest BCUT2D eigenvalue weighted by Gasteiger charge is 2.26. The normalized spacial score (nSPS) is 12.1. The lowest BCUT2D eigenvalue weighted by molar-refractivity contribution is -0.115. The van der Waals surface area contributed by atoms with Gasteiger partial charge in [0.1, 0.15) is 9.77 Å². The molecular weight excluding hydrogens is 302 g/mol. The zero-order chi connectivity index (χ0) is 15.3. The minimum Gasteiger partial charge on any atom is -0.465 e. The van der Waals surface area contributed by atoms with Gasteiger partial charge in [0.2, 0.25) is 0 Å². The van der Waals surface area contributed by atoms with Crippen LogP contribution in [0.25, 0.3) is 0 Å². The molecule has 0 spiro atoms. The van der Waals surface area contributed by atoms with Gasteiger partial charge in [-0.1, -0.05) is 13.0 Å². The maximum absolute atomic E-state index is 12.1. The molecule has 1 N–H and O–H groups in total. The van der Waals surface area contributed by atoms with E-state index in [2.05, 4.69) is 4.74 Å². The van der Waals surface area contributed by atoms with Crippen molar-refractivity contribution in [2.75, 3.05) is 7.11 Å². The van der Waals surface area contributed by atoms with Gasteiger partial charge in [-0.2, -0.15) is 0 Å². The number of amides is 1. The molecule has 0 aliphatic rings. The molecular formula is C12H15NO5S2. The van der Waals surface area contributed by atoms with Gasteiger partial charge in [-0.15, -0.1) is 11.3 Å². The van der Waals surface area contributed by atoms with E-state index in [1.807, 2.05) is 11.6 Å². The average molecular weight is 317 g/mol. The molecule has 0 saturated heterocycles. The predicted octanol–water partition coefficient (Wildman–Crippen LogP) is 1.70. The van der Waals surface area contributed by atoms with Gasteiger partial charge in [-0.25, -0.2) is 17.9 Å². The number of hydrogen-bond acceptors (Lipinski definition) is 6. The van der Waals surface area contributed by atoms with E-state index in [1.165, 1.54) is 18.4 Å². The number of hydrogen-bond donors (Lipinski definition) is 1. The van der Waals surface area contributed by atoms with Gasteiger partial charge in [0.05, 0.1) is 7.11 Å². The lowest BCUT2D eigenvalue weighted by Crippen LogP contribution is -2.31. The largest absolute Gasteiger partial charge is 0.465 e. The molecule has 0 radical (unpaired) electrons. The first kappa shape index (κ1) is 16.4. The molecule has 1 rings (SSSR count). The zero-order valence-corrected chi connectivity index (χ0v) is 12.9. The summed E-state index contributed by atoms with van der Waals surface area (Å²) in [5.41, 5.74) is 0.297. The van der Waals surface area contributed by atoms with Crippen molar-refractivity contribution in [3.05, 3.63) is 28.0 Å². The number of allylic oxidation sites excluding steroid dienone is 1. The Morgan fingerprint density at radius 2 is 2.10 bits per heavy atom. The summed E-state index contributed by atoms with van der Waals surface area (Å²) >= 11 is 0.935. The topological polar surface area (TPSA) is 89.5 Å². The van der Waals surface area contributed by atoms with Crippen LogP contribution >= 0.6 is 11.3 Å². The third kappa shape index (κ3) is 3.67. The highest BCUT2D eigenvalue weighted by atomic mass is 32.2. The van der Waals surface area contributed by atoms with E-state index in [0.717, 1.165) is 18.4 Å². The molecule has 0 saturated carbocycles. The summed E-state index contributed by atoms with van der Waals surface area (Å²) in [5.74, 6) is -1.47. The Hall–Kier alpha value is -1.67. The van der Waals surface area contributed by atoms with Crippen LogP contribution in [0.1, 0.15) is 29.9 Å². The molecule has 0 bridgehead atoms. The van der Waals surface area contributed by atoms with Crippen molar-refractivity contribution in [2.24, 2.45) is 0 Å². The SMILES string of the molecule is CC/C=C(\C)C(=O)NS(=O)(=O)c1ccsc1C(=O)OC. The second-order valence-corrected chi connectivity index (χ2v) is 6.40. The Morgan fingerprint density at radius 1 is 1.45 bits per heavy atom. The van der Waals surface area contributed by atoms with Gasteiger partial charge in [-0.3, -0.25) is 4.79 Å². The Kier molecular flexibility index (Phi) is 5.46. The van der Waals surface area contributed by atoms with E-state index in [0.29, 0.717) is 12.0 Å². The third-order valence-electron chi connectivity index (χ3n) is 2.38. The second-order valence-electron chi connectivity index (χ2n) is 3.84. The second kappa shape index (κ2) is 6.67. The van der Waals surface area contributed by atoms with Gasteiger partial charge < -0.3 is 4.74 Å². The summed E-state index contributed by atoms with van der Waals surface area (Å²) in [4.78, 5) is 22.9. The fraction of sp³-hybridized carbons (Fsp3) is 0.333. The highest BCUT2D eigenvalue weighted by molar-refractivity contribution is 7.90. The Morgan fingerprint density at radius 3 is 2.65 bits per heavy atom. The van der Waals surface area contributed by atoms with Crippen LogP contribution in [0.5, 0.6) is 0 Å². The van der Waals surface area contributed by atoms with Crippen molar-refractivity contribution < 1.29 is 22.7 Å². The van der Waals surface area contributed by atoms with E-state index in [9.17, 15) is 18.0 Å². The van der Waals surface area contributed by atoms with Crippen LogP contribution in [-0.2, 0) is 19.6 Å². The van der Waals surface area contributed by atoms with Gasteiger partial charge in [0.15, 0.2) is 0 Å². The molecule has 0 aliphatic heterocycles. The lowest BCUT2D eigenvalue weighted by Gasteiger charge is -2.07. The number of carbonyl (C=O) groups is 2. The van der Waals surface area contributed by atoms with Crippen molar-refractivity contribution in [3.8, 4) is 0 Å². The number of ether oxygens (including phenoxy) is 1. The third-order valence-corrected chi connectivity index (χ3v) is 4.78. The minimum atomic E-state index is -4.10. The van der Waals surface area contributed by atoms with E-state index >= 15 is 0 Å². The van der Waals surface area contributed by atoms with Gasteiger partial charge in [-0.05, 0) is 24.8 Å². The number of thiophene rings is 1. The van der Waals surface area contributed by atoms with E-state index in [1.54, 1.807) is 6.08 Å². The molecule has 8 heteroatoms. The van der Waals surface area contributed by atoms with Crippen LogP contribution in [-0.4, -0.2) is 27.4 Å². The molecule has 1 aromatic heterocycles. The first-order valence-electron chi connectivity index (χ1n) is 5.73. The maximum Gasteiger partial charge on any atom is 0.349 e. The summed E-state index contributed by atoms with van der Waals surface area (Å²) in [6.07, 6.45) is 2.23. The van der Waals surface area contributed by atoms with Crippen molar-refractivity contribution in [3.63, 3.8) is 0 Å². The number of sulfonamides is 1. The molecule has 110 valence electrons. The van der Waals surface area contributed by atoms with Crippen LogP contribution in [0, 0.1) is 0 Å². The fourth-order valence-electron chi connectivity index (χ4n) is 1.41. The van der Waals surface area contributed by atoms with Gasteiger partial charge in [0.25, 0.3) is 15.9 Å². The minimum absolute atomic E-state index is 0.0649. The monoisotopic (exact) mass is 317 g/mol. The molecule has 1 heterocycles. The summed E-state index contributed by atoms with van der Waals surface area (Å²) in [6, 6.07) is 1.26. The molecule has 0 atom stereocenters. The molecule has 6 nitrogen and oxygen atoms in total. The van der Waals surface area contributed by atoms with Crippen LogP contribution in [0.15, 0.2) is 28.0 Å². The molecule has 0 aromatic carbocycles. The van der Waals surface area contributed by atoms with Crippen LogP contribution in [0.4, 0.5) is 0 Å². The fourth-order valence-corrected chi connectivity index (χ4v) is 3.76. The Balaban J connectivity index is 3.07. The van der Waals surface area contributed by atoms with Crippen molar-refractivity contribution in [1.29, 1.82) is 0 Å². The number of rotatable bonds is 5. The van der Waals surface area contributed by atoms with E-state index in [4.69, 9.17) is 0 Å². The summed E-state index contributed by atoms with van der Waals surface area (Å²) in [5, 5.41) is 1.44. The van der Waals surface area contributed by atoms with Crippen LogP contribution in [0.2, 0.25) is 0 Å². The summed E-state index contributed by atoms with van der Waals surface area (Å²) < 4.78 is 30.6. The predicted molar refractivity (Wildman–Crippen MR) is 75.0 cm³/mol. The number of carbonyl (C=O) groups excluding carboxylic acids is 2. The summed E-state index contributed by atoms with van der Waals surface area (Å²) in [7, 11) is -2.94. The average Bonchev–Trinajstić information content (AvgIpc) is 2.87. The maximum atomic E-state index is 12.1. The smallest absolute Gasteiger partial charge is 0.349 e. The lowest BCUT2D eigenvalue weighted by atomic mass is 10.2. The van der Waals surface area contributed by atoms with Crippen LogP contribution in [0.3, 0.4) is 0 Å². The molecule has 1 aromatic rings. The van der Waals surface area contributed by atoms with Crippen molar-refractivity contribution in [1.82, 2.24) is 4.72 Å². The molecule has 0 unspecified atom stereocenters. The zero-order valence-electron chi connectivity index (χ0n) is 11.3. The molecule has 20 heavy (non-hydrogen) atoms. The Labute approximate surface area is 121 Å². The van der Waals surface area contributed by atoms with Gasteiger partial charge in [0, 0.05) is 5.57 Å². The first-order valence-corrected chi connectivity index (χ1v) is 8.09. The molecule has 0 aliphatic carbocycles. The van der Waals surface area contributed by atoms with Gasteiger partial charge >= 0.3 is 5.97 Å². The standard InChI is InChI=1S/C12H15NO5S2/c1-4-5-8(2)11(14)13-20(16,17)9-6-7-19-10(9)12(15)18-3/h5-7H,4H2,1-3H3,(H,13,14)/b8-5+. The first-order chi connectivity index (χ1) is 9.33. The van der Waals surface area contributed by atoms with Crippen molar-refractivity contribution >= 4 is 33.2 Å². The number of esters is 1. The quantitative estimate of drug-likeness (QED) is 0.659. The van der Waals surface area contributed by atoms with E-state index in [-0.39, 0.29) is 9.77 Å². The Bertz CT molecular complexity index is 643. The number of methoxy groups -OCH3 is 1. The molecule has 0 fully saturated rings.